The van der Waals surface area contributed by atoms with Crippen LogP contribution in [0.15, 0.2) is 42.5 Å². The lowest BCUT2D eigenvalue weighted by atomic mass is 10.3. The second-order valence-electron chi connectivity index (χ2n) is 2.94. The van der Waals surface area contributed by atoms with Gasteiger partial charge >= 0.3 is 12.1 Å². The molecule has 1 aromatic rings. The van der Waals surface area contributed by atoms with Crippen molar-refractivity contribution in [2.45, 2.75) is 0 Å². The zero-order valence-corrected chi connectivity index (χ0v) is 8.75. The molecule has 0 heterocycles. The molecule has 3 N–H and O–H groups in total. The van der Waals surface area contributed by atoms with E-state index in [1.165, 1.54) is 0 Å². The van der Waals surface area contributed by atoms with Crippen LogP contribution in [0.4, 0.5) is 10.5 Å². The summed E-state index contributed by atoms with van der Waals surface area (Å²) in [6.07, 6.45) is 0.640. The Morgan fingerprint density at radius 3 is 2.35 bits per heavy atom. The predicted molar refractivity (Wildman–Crippen MR) is 59.9 cm³/mol. The van der Waals surface area contributed by atoms with Gasteiger partial charge in [-0.2, -0.15) is 0 Å². The summed E-state index contributed by atoms with van der Waals surface area (Å²) in [5.74, 6) is -1.78. The molecule has 88 valence electrons. The average molecular weight is 234 g/mol. The summed E-state index contributed by atoms with van der Waals surface area (Å²) in [4.78, 5) is 32.4. The van der Waals surface area contributed by atoms with E-state index in [1.807, 2.05) is 0 Å². The third kappa shape index (κ3) is 5.12. The Hall–Kier alpha value is -2.63. The van der Waals surface area contributed by atoms with E-state index in [0.29, 0.717) is 5.69 Å². The normalized spacial score (nSPS) is 9.88. The maximum atomic E-state index is 11.2. The van der Waals surface area contributed by atoms with Crippen molar-refractivity contribution in [3.8, 4) is 0 Å². The lowest BCUT2D eigenvalue weighted by molar-refractivity contribution is -0.131. The van der Waals surface area contributed by atoms with Crippen molar-refractivity contribution in [1.82, 2.24) is 0 Å². The van der Waals surface area contributed by atoms with Crippen molar-refractivity contribution < 1.29 is 19.1 Å². The van der Waals surface area contributed by atoms with Crippen LogP contribution in [0, 0.1) is 0 Å². The molecular formula is C11H10N2O4. The van der Waals surface area contributed by atoms with Crippen molar-refractivity contribution in [2.24, 2.45) is 5.73 Å². The Morgan fingerprint density at radius 2 is 1.76 bits per heavy atom. The zero-order valence-electron chi connectivity index (χ0n) is 8.75. The summed E-state index contributed by atoms with van der Waals surface area (Å²) in [6, 6.07) is 8.46. The molecule has 17 heavy (non-hydrogen) atoms. The van der Waals surface area contributed by atoms with Gasteiger partial charge in [0.25, 0.3) is 0 Å². The Balaban J connectivity index is 2.45. The summed E-state index contributed by atoms with van der Waals surface area (Å²) in [6.45, 7) is 0. The fourth-order valence-electron chi connectivity index (χ4n) is 0.940. The van der Waals surface area contributed by atoms with Crippen LogP contribution < -0.4 is 11.1 Å². The first-order chi connectivity index (χ1) is 8.08. The number of ether oxygens (including phenoxy) is 1. The first kappa shape index (κ1) is 12.4. The minimum atomic E-state index is -0.975. The summed E-state index contributed by atoms with van der Waals surface area (Å²) in [5, 5.41) is 2.33. The average Bonchev–Trinajstić information content (AvgIpc) is 2.27. The van der Waals surface area contributed by atoms with E-state index in [1.54, 1.807) is 30.3 Å². The Morgan fingerprint density at radius 1 is 1.12 bits per heavy atom. The van der Waals surface area contributed by atoms with Gasteiger partial charge in [0, 0.05) is 17.8 Å². The highest BCUT2D eigenvalue weighted by Gasteiger charge is 2.07. The standard InChI is InChI=1S/C11H10N2O4/c12-9(14)6-7-10(15)17-11(16)13-8-4-2-1-3-5-8/h1-7H,(H2,12,14)(H,13,16). The molecule has 0 aliphatic heterocycles. The quantitative estimate of drug-likeness (QED) is 0.459. The number of rotatable bonds is 3. The number of benzene rings is 1. The smallest absolute Gasteiger partial charge is 0.373 e. The molecule has 0 saturated heterocycles. The number of primary amides is 1. The number of anilines is 1. The van der Waals surface area contributed by atoms with E-state index in [9.17, 15) is 14.4 Å². The second kappa shape index (κ2) is 6.06. The van der Waals surface area contributed by atoms with Gasteiger partial charge in [-0.05, 0) is 12.1 Å². The largest absolute Gasteiger partial charge is 0.419 e. The third-order valence-corrected chi connectivity index (χ3v) is 1.60. The SMILES string of the molecule is NC(=O)C=CC(=O)OC(=O)Nc1ccccc1. The van der Waals surface area contributed by atoms with E-state index < -0.39 is 18.0 Å². The number of hydrogen-bond donors (Lipinski definition) is 2. The highest BCUT2D eigenvalue weighted by Crippen LogP contribution is 2.05. The van der Waals surface area contributed by atoms with Crippen LogP contribution in [0.1, 0.15) is 0 Å². The molecule has 0 aliphatic rings. The van der Waals surface area contributed by atoms with Crippen LogP contribution in [0.5, 0.6) is 0 Å². The van der Waals surface area contributed by atoms with Crippen LogP contribution in [0.25, 0.3) is 0 Å². The molecule has 0 fully saturated rings. The highest BCUT2D eigenvalue weighted by atomic mass is 16.6. The van der Waals surface area contributed by atoms with Gasteiger partial charge in [-0.15, -0.1) is 0 Å². The van der Waals surface area contributed by atoms with Crippen LogP contribution in [-0.4, -0.2) is 18.0 Å². The number of amides is 2. The van der Waals surface area contributed by atoms with E-state index in [4.69, 9.17) is 5.73 Å². The number of nitrogens with two attached hydrogens (primary N) is 1. The number of esters is 1. The van der Waals surface area contributed by atoms with Gasteiger partial charge < -0.3 is 10.5 Å². The molecule has 0 unspecified atom stereocenters. The Labute approximate surface area is 97.1 Å². The summed E-state index contributed by atoms with van der Waals surface area (Å²) < 4.78 is 4.32. The van der Waals surface area contributed by atoms with E-state index >= 15 is 0 Å². The first-order valence-corrected chi connectivity index (χ1v) is 4.63. The molecular weight excluding hydrogens is 224 g/mol. The lowest BCUT2D eigenvalue weighted by Gasteiger charge is -2.02. The molecule has 2 amide bonds. The van der Waals surface area contributed by atoms with Gasteiger partial charge in [-0.25, -0.2) is 9.59 Å². The van der Waals surface area contributed by atoms with E-state index in [-0.39, 0.29) is 0 Å². The van der Waals surface area contributed by atoms with Gasteiger partial charge in [0.2, 0.25) is 5.91 Å². The fourth-order valence-corrected chi connectivity index (χ4v) is 0.940. The molecule has 0 aromatic heterocycles. The summed E-state index contributed by atoms with van der Waals surface area (Å²) in [7, 11) is 0. The minimum Gasteiger partial charge on any atom is -0.373 e. The van der Waals surface area contributed by atoms with Crippen molar-refractivity contribution in [1.29, 1.82) is 0 Å². The van der Waals surface area contributed by atoms with Crippen LogP contribution in [0.2, 0.25) is 0 Å². The zero-order chi connectivity index (χ0) is 12.7. The number of hydrogen-bond acceptors (Lipinski definition) is 4. The lowest BCUT2D eigenvalue weighted by Crippen LogP contribution is -2.17. The fraction of sp³-hybridized carbons (Fsp3) is 0. The summed E-state index contributed by atoms with van der Waals surface area (Å²) >= 11 is 0. The first-order valence-electron chi connectivity index (χ1n) is 4.63. The van der Waals surface area contributed by atoms with Crippen molar-refractivity contribution in [2.75, 3.05) is 5.32 Å². The van der Waals surface area contributed by atoms with E-state index in [0.717, 1.165) is 12.2 Å². The third-order valence-electron chi connectivity index (χ3n) is 1.60. The maximum Gasteiger partial charge on any atom is 0.419 e. The molecule has 0 radical (unpaired) electrons. The van der Waals surface area contributed by atoms with Gasteiger partial charge in [0.15, 0.2) is 0 Å². The van der Waals surface area contributed by atoms with Crippen molar-refractivity contribution in [3.63, 3.8) is 0 Å². The maximum absolute atomic E-state index is 11.2. The number of carbonyl (C=O) groups is 3. The molecule has 6 nitrogen and oxygen atoms in total. The van der Waals surface area contributed by atoms with Gasteiger partial charge in [-0.1, -0.05) is 18.2 Å². The van der Waals surface area contributed by atoms with Crippen LogP contribution >= 0.6 is 0 Å². The predicted octanol–water partition coefficient (Wildman–Crippen LogP) is 0.803. The Kier molecular flexibility index (Phi) is 4.44. The van der Waals surface area contributed by atoms with Gasteiger partial charge in [-0.3, -0.25) is 10.1 Å². The molecule has 1 aromatic carbocycles. The molecule has 0 saturated carbocycles. The summed E-state index contributed by atoms with van der Waals surface area (Å²) in [5.41, 5.74) is 5.25. The molecule has 0 aliphatic carbocycles. The monoisotopic (exact) mass is 234 g/mol. The number of carbonyl (C=O) groups excluding carboxylic acids is 3. The van der Waals surface area contributed by atoms with Crippen molar-refractivity contribution >= 4 is 23.7 Å². The Bertz CT molecular complexity index is 454. The minimum absolute atomic E-state index is 0.490. The second-order valence-corrected chi connectivity index (χ2v) is 2.94. The topological polar surface area (TPSA) is 98.5 Å². The molecule has 6 heteroatoms. The number of para-hydroxylation sites is 1. The number of nitrogens with one attached hydrogen (secondary N) is 1. The van der Waals surface area contributed by atoms with Crippen molar-refractivity contribution in [3.05, 3.63) is 42.5 Å². The molecule has 0 bridgehead atoms. The van der Waals surface area contributed by atoms with Crippen LogP contribution in [-0.2, 0) is 14.3 Å². The van der Waals surface area contributed by atoms with E-state index in [2.05, 4.69) is 10.1 Å². The van der Waals surface area contributed by atoms with Gasteiger partial charge in [0.1, 0.15) is 0 Å². The van der Waals surface area contributed by atoms with Gasteiger partial charge in [0.05, 0.1) is 0 Å². The highest BCUT2D eigenvalue weighted by molar-refractivity contribution is 5.99. The molecule has 0 spiro atoms. The van der Waals surface area contributed by atoms with Crippen LogP contribution in [0.3, 0.4) is 0 Å². The molecule has 1 rings (SSSR count). The molecule has 0 atom stereocenters.